The van der Waals surface area contributed by atoms with Gasteiger partial charge in [0.25, 0.3) is 0 Å². The Hall–Kier alpha value is -2.66. The smallest absolute Gasteiger partial charge is 0.128 e. The molecule has 28 heavy (non-hydrogen) atoms. The highest BCUT2D eigenvalue weighted by molar-refractivity contribution is 5.40. The van der Waals surface area contributed by atoms with Crippen LogP contribution in [0.1, 0.15) is 23.1 Å². The van der Waals surface area contributed by atoms with Crippen LogP contribution >= 0.6 is 0 Å². The van der Waals surface area contributed by atoms with Crippen molar-refractivity contribution in [3.8, 4) is 0 Å². The van der Waals surface area contributed by atoms with Gasteiger partial charge in [-0.15, -0.1) is 0 Å². The number of fused-ring (bicyclic) bond motifs is 1. The zero-order valence-corrected chi connectivity index (χ0v) is 16.2. The lowest BCUT2D eigenvalue weighted by atomic mass is 9.87. The van der Waals surface area contributed by atoms with Gasteiger partial charge in [0, 0.05) is 57.4 Å². The predicted octanol–water partition coefficient (Wildman–Crippen LogP) is 3.01. The molecule has 1 aliphatic carbocycles. The Bertz CT molecular complexity index is 895. The first kappa shape index (κ1) is 17.4. The fourth-order valence-corrected chi connectivity index (χ4v) is 4.59. The van der Waals surface area contributed by atoms with Crippen LogP contribution in [0.15, 0.2) is 61.3 Å². The summed E-state index contributed by atoms with van der Waals surface area (Å²) in [5.41, 5.74) is 4.31. The average molecular weight is 374 g/mol. The second kappa shape index (κ2) is 7.76. The molecular formula is C23H27N5. The van der Waals surface area contributed by atoms with Crippen LogP contribution in [0.5, 0.6) is 0 Å². The molecule has 0 unspecified atom stereocenters. The summed E-state index contributed by atoms with van der Waals surface area (Å²) in [7, 11) is 0. The van der Waals surface area contributed by atoms with E-state index < -0.39 is 0 Å². The molecule has 5 rings (SSSR count). The van der Waals surface area contributed by atoms with Gasteiger partial charge in [-0.05, 0) is 42.0 Å². The molecule has 144 valence electrons. The van der Waals surface area contributed by atoms with Crippen molar-refractivity contribution in [1.82, 2.24) is 19.4 Å². The maximum Gasteiger partial charge on any atom is 0.128 e. The molecule has 0 spiro atoms. The average Bonchev–Trinajstić information content (AvgIpc) is 3.27. The number of aromatic nitrogens is 3. The van der Waals surface area contributed by atoms with Crippen LogP contribution < -0.4 is 4.90 Å². The minimum Gasteiger partial charge on any atom is -0.354 e. The molecule has 3 heterocycles. The zero-order valence-electron chi connectivity index (χ0n) is 16.2. The molecule has 5 nitrogen and oxygen atoms in total. The van der Waals surface area contributed by atoms with Gasteiger partial charge in [0.15, 0.2) is 0 Å². The monoisotopic (exact) mass is 373 g/mol. The molecule has 3 aromatic rings. The third-order valence-corrected chi connectivity index (χ3v) is 6.21. The van der Waals surface area contributed by atoms with Gasteiger partial charge in [-0.3, -0.25) is 4.90 Å². The Morgan fingerprint density at radius 2 is 1.82 bits per heavy atom. The molecule has 0 bridgehead atoms. The first-order valence-corrected chi connectivity index (χ1v) is 10.3. The van der Waals surface area contributed by atoms with Crippen LogP contribution in [-0.4, -0.2) is 51.7 Å². The van der Waals surface area contributed by atoms with Gasteiger partial charge in [0.05, 0.1) is 6.33 Å². The normalized spacial score (nSPS) is 20.1. The van der Waals surface area contributed by atoms with E-state index in [0.29, 0.717) is 6.04 Å². The largest absolute Gasteiger partial charge is 0.354 e. The quantitative estimate of drug-likeness (QED) is 0.705. The van der Waals surface area contributed by atoms with E-state index in [1.54, 1.807) is 11.1 Å². The lowest BCUT2D eigenvalue weighted by Crippen LogP contribution is -2.52. The summed E-state index contributed by atoms with van der Waals surface area (Å²) in [6, 6.07) is 14.0. The Morgan fingerprint density at radius 1 is 0.964 bits per heavy atom. The van der Waals surface area contributed by atoms with E-state index >= 15 is 0 Å². The van der Waals surface area contributed by atoms with Gasteiger partial charge in [-0.25, -0.2) is 9.97 Å². The molecule has 5 heteroatoms. The first-order chi connectivity index (χ1) is 13.8. The summed E-state index contributed by atoms with van der Waals surface area (Å²) in [5, 5.41) is 0. The number of pyridine rings is 1. The first-order valence-electron chi connectivity index (χ1n) is 10.3. The van der Waals surface area contributed by atoms with Crippen molar-refractivity contribution in [2.24, 2.45) is 0 Å². The van der Waals surface area contributed by atoms with Crippen LogP contribution in [0, 0.1) is 0 Å². The van der Waals surface area contributed by atoms with Gasteiger partial charge >= 0.3 is 0 Å². The summed E-state index contributed by atoms with van der Waals surface area (Å²) >= 11 is 0. The second-order valence-corrected chi connectivity index (χ2v) is 7.95. The van der Waals surface area contributed by atoms with E-state index in [4.69, 9.17) is 4.98 Å². The Kier molecular flexibility index (Phi) is 4.83. The summed E-state index contributed by atoms with van der Waals surface area (Å²) in [6.07, 6.45) is 11.4. The Morgan fingerprint density at radius 3 is 2.57 bits per heavy atom. The summed E-state index contributed by atoms with van der Waals surface area (Å²) in [5.74, 6) is 1.10. The molecule has 0 amide bonds. The van der Waals surface area contributed by atoms with E-state index in [1.807, 2.05) is 24.9 Å². The van der Waals surface area contributed by atoms with Crippen LogP contribution in [-0.2, 0) is 19.4 Å². The lowest BCUT2D eigenvalue weighted by molar-refractivity contribution is 0.169. The van der Waals surface area contributed by atoms with Crippen molar-refractivity contribution in [2.45, 2.75) is 31.8 Å². The maximum atomic E-state index is 4.72. The molecular weight excluding hydrogens is 346 g/mol. The predicted molar refractivity (Wildman–Crippen MR) is 112 cm³/mol. The third kappa shape index (κ3) is 3.67. The highest BCUT2D eigenvalue weighted by Gasteiger charge is 2.27. The van der Waals surface area contributed by atoms with Crippen molar-refractivity contribution in [3.63, 3.8) is 0 Å². The molecule has 0 saturated carbocycles. The fourth-order valence-electron chi connectivity index (χ4n) is 4.59. The number of hydrogen-bond acceptors (Lipinski definition) is 4. The fraction of sp³-hybridized carbons (Fsp3) is 0.391. The number of benzene rings is 1. The summed E-state index contributed by atoms with van der Waals surface area (Å²) < 4.78 is 2.07. The third-order valence-electron chi connectivity index (χ3n) is 6.21. The van der Waals surface area contributed by atoms with Gasteiger partial charge in [-0.2, -0.15) is 0 Å². The SMILES string of the molecule is c1ccc2c(c1)CC[C@H](N1CCN(c3ccc(Cn4ccnc4)cn3)CC1)C2. The topological polar surface area (TPSA) is 37.2 Å². The molecule has 1 saturated heterocycles. The van der Waals surface area contributed by atoms with E-state index in [2.05, 4.69) is 55.7 Å². The van der Waals surface area contributed by atoms with Gasteiger partial charge in [0.1, 0.15) is 5.82 Å². The molecule has 1 fully saturated rings. The molecule has 1 aliphatic heterocycles. The minimum absolute atomic E-state index is 0.697. The van der Waals surface area contributed by atoms with Crippen molar-refractivity contribution >= 4 is 5.82 Å². The van der Waals surface area contributed by atoms with Crippen LogP contribution in [0.2, 0.25) is 0 Å². The van der Waals surface area contributed by atoms with Crippen LogP contribution in [0.4, 0.5) is 5.82 Å². The van der Waals surface area contributed by atoms with E-state index in [-0.39, 0.29) is 0 Å². The number of nitrogens with zero attached hydrogens (tertiary/aromatic N) is 5. The van der Waals surface area contributed by atoms with E-state index in [0.717, 1.165) is 38.5 Å². The summed E-state index contributed by atoms with van der Waals surface area (Å²) in [6.45, 7) is 5.21. The van der Waals surface area contributed by atoms with Crippen molar-refractivity contribution in [1.29, 1.82) is 0 Å². The van der Waals surface area contributed by atoms with Crippen LogP contribution in [0.25, 0.3) is 0 Å². The maximum absolute atomic E-state index is 4.72. The Balaban J connectivity index is 1.17. The number of hydrogen-bond donors (Lipinski definition) is 0. The molecule has 1 aromatic carbocycles. The van der Waals surface area contributed by atoms with Gasteiger partial charge < -0.3 is 9.47 Å². The van der Waals surface area contributed by atoms with E-state index in [1.165, 1.54) is 24.8 Å². The van der Waals surface area contributed by atoms with Crippen molar-refractivity contribution in [3.05, 3.63) is 78.0 Å². The van der Waals surface area contributed by atoms with Gasteiger partial charge in [-0.1, -0.05) is 30.3 Å². The van der Waals surface area contributed by atoms with Crippen molar-refractivity contribution < 1.29 is 0 Å². The van der Waals surface area contributed by atoms with E-state index in [9.17, 15) is 0 Å². The number of anilines is 1. The highest BCUT2D eigenvalue weighted by Crippen LogP contribution is 2.26. The standard InChI is InChI=1S/C23H27N5/c1-2-4-21-15-22(7-6-20(21)3-1)27-11-13-28(14-12-27)23-8-5-19(16-25-23)17-26-10-9-24-18-26/h1-5,8-10,16,18,22H,6-7,11-15,17H2/t22-/m0/s1. The number of aryl methyl sites for hydroxylation is 1. The van der Waals surface area contributed by atoms with Gasteiger partial charge in [0.2, 0.25) is 0 Å². The molecule has 1 atom stereocenters. The number of rotatable bonds is 4. The number of piperazine rings is 1. The molecule has 0 N–H and O–H groups in total. The molecule has 2 aromatic heterocycles. The lowest BCUT2D eigenvalue weighted by Gasteiger charge is -2.41. The molecule has 2 aliphatic rings. The summed E-state index contributed by atoms with van der Waals surface area (Å²) in [4.78, 5) is 13.9. The Labute approximate surface area is 166 Å². The zero-order chi connectivity index (χ0) is 18.8. The molecule has 0 radical (unpaired) electrons. The minimum atomic E-state index is 0.697. The van der Waals surface area contributed by atoms with Crippen molar-refractivity contribution in [2.75, 3.05) is 31.1 Å². The van der Waals surface area contributed by atoms with Crippen LogP contribution in [0.3, 0.4) is 0 Å². The second-order valence-electron chi connectivity index (χ2n) is 7.95. The highest BCUT2D eigenvalue weighted by atomic mass is 15.3. The number of imidazole rings is 1.